The number of allylic oxidation sites excluding steroid dienone is 2. The average Bonchev–Trinajstić information content (AvgIpc) is 2.71. The van der Waals surface area contributed by atoms with E-state index in [2.05, 4.69) is 37.8 Å². The maximum absolute atomic E-state index is 12.1. The van der Waals surface area contributed by atoms with E-state index in [1.165, 1.54) is 12.8 Å². The zero-order valence-electron chi connectivity index (χ0n) is 12.1. The Morgan fingerprint density at radius 3 is 2.05 bits per heavy atom. The summed E-state index contributed by atoms with van der Waals surface area (Å²) in [5.74, 6) is 1.81. The number of carboxylic acid groups (broad SMARTS) is 1. The van der Waals surface area contributed by atoms with Crippen molar-refractivity contribution in [2.45, 2.75) is 40.0 Å². The smallest absolute Gasteiger partial charge is 0.290 e. The quantitative estimate of drug-likeness (QED) is 0.586. The van der Waals surface area contributed by atoms with Gasteiger partial charge in [0.25, 0.3) is 6.47 Å². The van der Waals surface area contributed by atoms with Crippen molar-refractivity contribution in [2.24, 2.45) is 17.3 Å². The van der Waals surface area contributed by atoms with Crippen molar-refractivity contribution in [3.05, 3.63) is 12.2 Å². The van der Waals surface area contributed by atoms with Gasteiger partial charge in [-0.1, -0.05) is 32.9 Å². The van der Waals surface area contributed by atoms with Gasteiger partial charge in [-0.15, -0.1) is 0 Å². The van der Waals surface area contributed by atoms with E-state index in [0.29, 0.717) is 12.3 Å². The van der Waals surface area contributed by atoms with Gasteiger partial charge in [-0.3, -0.25) is 9.59 Å². The lowest BCUT2D eigenvalue weighted by Crippen LogP contribution is -2.31. The van der Waals surface area contributed by atoms with E-state index in [4.69, 9.17) is 9.90 Å². The highest BCUT2D eigenvalue weighted by molar-refractivity contribution is 5.77. The zero-order valence-corrected chi connectivity index (χ0v) is 12.1. The third-order valence-electron chi connectivity index (χ3n) is 3.66. The first kappa shape index (κ1) is 15.7. The summed E-state index contributed by atoms with van der Waals surface area (Å²) >= 11 is 0. The molecule has 1 N–H and O–H groups in total. The number of hydrogen-bond acceptors (Lipinski definition) is 2. The normalized spacial score (nSPS) is 25.3. The molecule has 0 spiro atoms. The van der Waals surface area contributed by atoms with Crippen molar-refractivity contribution in [3.63, 3.8) is 0 Å². The molecule has 2 rings (SSSR count). The fourth-order valence-electron chi connectivity index (χ4n) is 2.78. The molecule has 0 aromatic rings. The minimum absolute atomic E-state index is 0.114. The predicted molar refractivity (Wildman–Crippen MR) is 74.7 cm³/mol. The molecular weight excluding hydrogens is 242 g/mol. The standard InChI is InChI=1S/C14H23NO.CH2O2/c1-14(2,3)8-13(16)15-9-11-6-4-5-7-12(11)10-15;2-1-3/h4-5,11-12H,6-10H2,1-3H3;1H,(H,2,3)/t11-,12+;. The molecule has 0 bridgehead atoms. The summed E-state index contributed by atoms with van der Waals surface area (Å²) < 4.78 is 0. The Morgan fingerprint density at radius 2 is 1.68 bits per heavy atom. The SMILES string of the molecule is CC(C)(C)CC(=O)N1C[C@H]2CC=CC[C@H]2C1.O=CO. The summed E-state index contributed by atoms with van der Waals surface area (Å²) in [7, 11) is 0. The Hall–Kier alpha value is -1.32. The molecule has 2 atom stereocenters. The first-order chi connectivity index (χ1) is 8.87. The van der Waals surface area contributed by atoms with E-state index >= 15 is 0 Å². The molecule has 1 saturated heterocycles. The van der Waals surface area contributed by atoms with Gasteiger partial charge in [-0.05, 0) is 30.1 Å². The van der Waals surface area contributed by atoms with E-state index < -0.39 is 0 Å². The summed E-state index contributed by atoms with van der Waals surface area (Å²) in [6.07, 6.45) is 7.57. The van der Waals surface area contributed by atoms with Crippen molar-refractivity contribution in [1.29, 1.82) is 0 Å². The summed E-state index contributed by atoms with van der Waals surface area (Å²) in [6.45, 7) is 8.13. The van der Waals surface area contributed by atoms with Crippen LogP contribution in [-0.2, 0) is 9.59 Å². The van der Waals surface area contributed by atoms with Crippen molar-refractivity contribution in [3.8, 4) is 0 Å². The van der Waals surface area contributed by atoms with E-state index in [1.54, 1.807) is 0 Å². The van der Waals surface area contributed by atoms with Crippen molar-refractivity contribution in [2.75, 3.05) is 13.1 Å². The van der Waals surface area contributed by atoms with Gasteiger partial charge in [0, 0.05) is 19.5 Å². The molecule has 1 aliphatic heterocycles. The van der Waals surface area contributed by atoms with Crippen LogP contribution in [0.25, 0.3) is 0 Å². The van der Waals surface area contributed by atoms with E-state index in [1.807, 2.05) is 0 Å². The number of carbonyl (C=O) groups is 2. The Balaban J connectivity index is 0.000000550. The first-order valence-electron chi connectivity index (χ1n) is 6.88. The predicted octanol–water partition coefficient (Wildman–Crippen LogP) is 2.55. The largest absolute Gasteiger partial charge is 0.483 e. The van der Waals surface area contributed by atoms with Crippen LogP contribution in [0.3, 0.4) is 0 Å². The number of amides is 1. The monoisotopic (exact) mass is 267 g/mol. The third-order valence-corrected chi connectivity index (χ3v) is 3.66. The molecule has 0 aromatic carbocycles. The Labute approximate surface area is 115 Å². The van der Waals surface area contributed by atoms with Crippen LogP contribution >= 0.6 is 0 Å². The molecule has 1 aliphatic carbocycles. The summed E-state index contributed by atoms with van der Waals surface area (Å²) in [4.78, 5) is 22.6. The van der Waals surface area contributed by atoms with E-state index in [9.17, 15) is 4.79 Å². The summed E-state index contributed by atoms with van der Waals surface area (Å²) in [5.41, 5.74) is 0.114. The lowest BCUT2D eigenvalue weighted by molar-refractivity contribution is -0.132. The van der Waals surface area contributed by atoms with Crippen molar-refractivity contribution >= 4 is 12.4 Å². The van der Waals surface area contributed by atoms with Crippen LogP contribution in [-0.4, -0.2) is 35.5 Å². The molecule has 1 heterocycles. The van der Waals surface area contributed by atoms with Crippen LogP contribution in [0.1, 0.15) is 40.0 Å². The van der Waals surface area contributed by atoms with Gasteiger partial charge >= 0.3 is 0 Å². The Kier molecular flexibility index (Phi) is 5.58. The molecule has 1 amide bonds. The van der Waals surface area contributed by atoms with Crippen LogP contribution in [0.2, 0.25) is 0 Å². The van der Waals surface area contributed by atoms with Crippen LogP contribution < -0.4 is 0 Å². The number of fused-ring (bicyclic) bond motifs is 1. The van der Waals surface area contributed by atoms with Gasteiger partial charge in [0.2, 0.25) is 5.91 Å². The van der Waals surface area contributed by atoms with Crippen molar-refractivity contribution < 1.29 is 14.7 Å². The van der Waals surface area contributed by atoms with Gasteiger partial charge < -0.3 is 10.0 Å². The maximum Gasteiger partial charge on any atom is 0.290 e. The van der Waals surface area contributed by atoms with Gasteiger partial charge in [-0.2, -0.15) is 0 Å². The minimum atomic E-state index is -0.250. The number of nitrogens with zero attached hydrogens (tertiary/aromatic N) is 1. The third kappa shape index (κ3) is 5.05. The van der Waals surface area contributed by atoms with Gasteiger partial charge in [0.15, 0.2) is 0 Å². The van der Waals surface area contributed by atoms with Crippen molar-refractivity contribution in [1.82, 2.24) is 4.90 Å². The second-order valence-electron chi connectivity index (χ2n) is 6.60. The van der Waals surface area contributed by atoms with E-state index in [0.717, 1.165) is 24.9 Å². The highest BCUT2D eigenvalue weighted by atomic mass is 16.3. The van der Waals surface area contributed by atoms with Gasteiger partial charge in [0.05, 0.1) is 0 Å². The second-order valence-corrected chi connectivity index (χ2v) is 6.60. The minimum Gasteiger partial charge on any atom is -0.483 e. The van der Waals surface area contributed by atoms with E-state index in [-0.39, 0.29) is 11.9 Å². The average molecular weight is 267 g/mol. The number of rotatable bonds is 1. The second kappa shape index (κ2) is 6.73. The van der Waals surface area contributed by atoms with Crippen LogP contribution in [0.15, 0.2) is 12.2 Å². The van der Waals surface area contributed by atoms with Gasteiger partial charge in [0.1, 0.15) is 0 Å². The number of hydrogen-bond donors (Lipinski definition) is 1. The highest BCUT2D eigenvalue weighted by Gasteiger charge is 2.35. The lowest BCUT2D eigenvalue weighted by atomic mass is 9.86. The molecule has 4 nitrogen and oxygen atoms in total. The lowest BCUT2D eigenvalue weighted by Gasteiger charge is -2.23. The number of carbonyl (C=O) groups excluding carboxylic acids is 1. The molecule has 0 unspecified atom stereocenters. The summed E-state index contributed by atoms with van der Waals surface area (Å²) in [6, 6.07) is 0. The molecule has 1 fully saturated rings. The zero-order chi connectivity index (χ0) is 14.5. The van der Waals surface area contributed by atoms with Crippen LogP contribution in [0.4, 0.5) is 0 Å². The molecular formula is C15H25NO3. The molecule has 2 aliphatic rings. The topological polar surface area (TPSA) is 57.6 Å². The molecule has 4 heteroatoms. The van der Waals surface area contributed by atoms with Gasteiger partial charge in [-0.25, -0.2) is 0 Å². The first-order valence-corrected chi connectivity index (χ1v) is 6.88. The fraction of sp³-hybridized carbons (Fsp3) is 0.733. The van der Waals surface area contributed by atoms with Crippen LogP contribution in [0, 0.1) is 17.3 Å². The Bertz CT molecular complexity index is 328. The number of likely N-dealkylation sites (tertiary alicyclic amines) is 1. The molecule has 0 saturated carbocycles. The molecule has 19 heavy (non-hydrogen) atoms. The van der Waals surface area contributed by atoms with Crippen LogP contribution in [0.5, 0.6) is 0 Å². The molecule has 0 aromatic heterocycles. The highest BCUT2D eigenvalue weighted by Crippen LogP contribution is 2.33. The molecule has 108 valence electrons. The molecule has 0 radical (unpaired) electrons. The fourth-order valence-corrected chi connectivity index (χ4v) is 2.78. The maximum atomic E-state index is 12.1. The Morgan fingerprint density at radius 1 is 1.26 bits per heavy atom. The summed E-state index contributed by atoms with van der Waals surface area (Å²) in [5, 5.41) is 6.89.